The molecule has 0 spiro atoms. The third kappa shape index (κ3) is 2.86. The second-order valence-corrected chi connectivity index (χ2v) is 3.27. The highest BCUT2D eigenvalue weighted by Crippen LogP contribution is 2.36. The Bertz CT molecular complexity index is 246. The second-order valence-electron chi connectivity index (χ2n) is 3.27. The van der Waals surface area contributed by atoms with Gasteiger partial charge >= 0.3 is 6.18 Å². The van der Waals surface area contributed by atoms with Gasteiger partial charge in [-0.25, -0.2) is 0 Å². The van der Waals surface area contributed by atoms with Crippen molar-refractivity contribution in [1.29, 1.82) is 0 Å². The summed E-state index contributed by atoms with van der Waals surface area (Å²) in [5.74, 6) is 0.360. The average molecular weight is 191 g/mol. The number of aliphatic imine (C=N–C) groups is 1. The number of halogens is 3. The molecule has 0 aromatic heterocycles. The van der Waals surface area contributed by atoms with Gasteiger partial charge in [-0.3, -0.25) is 4.99 Å². The van der Waals surface area contributed by atoms with Crippen LogP contribution in [0, 0.1) is 5.92 Å². The fourth-order valence-electron chi connectivity index (χ4n) is 1.15. The molecule has 0 aliphatic heterocycles. The van der Waals surface area contributed by atoms with E-state index in [1.54, 1.807) is 6.92 Å². The number of alkyl halides is 3. The van der Waals surface area contributed by atoms with Gasteiger partial charge in [-0.1, -0.05) is 5.57 Å². The van der Waals surface area contributed by atoms with Crippen LogP contribution in [0.25, 0.3) is 0 Å². The molecule has 0 saturated heterocycles. The molecule has 0 N–H and O–H groups in total. The van der Waals surface area contributed by atoms with Crippen molar-refractivity contribution in [1.82, 2.24) is 0 Å². The topological polar surface area (TPSA) is 12.4 Å². The van der Waals surface area contributed by atoms with E-state index in [1.165, 1.54) is 7.05 Å². The van der Waals surface area contributed by atoms with E-state index in [-0.39, 0.29) is 0 Å². The maximum absolute atomic E-state index is 12.2. The van der Waals surface area contributed by atoms with Crippen LogP contribution in [-0.2, 0) is 0 Å². The maximum atomic E-state index is 12.2. The molecular formula is C9H12F3N. The van der Waals surface area contributed by atoms with Crippen molar-refractivity contribution in [2.75, 3.05) is 7.05 Å². The highest BCUT2D eigenvalue weighted by atomic mass is 19.4. The fourth-order valence-corrected chi connectivity index (χ4v) is 1.15. The Morgan fingerprint density at radius 2 is 1.92 bits per heavy atom. The number of rotatable bonds is 2. The van der Waals surface area contributed by atoms with E-state index in [2.05, 4.69) is 4.99 Å². The van der Waals surface area contributed by atoms with E-state index in [1.807, 2.05) is 0 Å². The molecule has 0 amide bonds. The molecule has 4 heteroatoms. The van der Waals surface area contributed by atoms with Crippen molar-refractivity contribution in [3.05, 3.63) is 11.6 Å². The zero-order valence-corrected chi connectivity index (χ0v) is 7.65. The third-order valence-corrected chi connectivity index (χ3v) is 2.12. The van der Waals surface area contributed by atoms with Crippen LogP contribution >= 0.6 is 0 Å². The van der Waals surface area contributed by atoms with E-state index in [0.717, 1.165) is 24.5 Å². The summed E-state index contributed by atoms with van der Waals surface area (Å²) in [6.07, 6.45) is -1.14. The Morgan fingerprint density at radius 1 is 1.38 bits per heavy atom. The van der Waals surface area contributed by atoms with E-state index >= 15 is 0 Å². The maximum Gasteiger partial charge on any atom is 0.432 e. The number of hydrogen-bond donors (Lipinski definition) is 0. The quantitative estimate of drug-likeness (QED) is 0.595. The van der Waals surface area contributed by atoms with Gasteiger partial charge in [0.05, 0.1) is 0 Å². The van der Waals surface area contributed by atoms with Gasteiger partial charge in [-0.15, -0.1) is 0 Å². The van der Waals surface area contributed by atoms with Gasteiger partial charge in [0.25, 0.3) is 0 Å². The Labute approximate surface area is 75.4 Å². The molecule has 1 saturated carbocycles. The summed E-state index contributed by atoms with van der Waals surface area (Å²) in [5, 5.41) is 0. The van der Waals surface area contributed by atoms with Crippen LogP contribution in [0.1, 0.15) is 19.8 Å². The van der Waals surface area contributed by atoms with Crippen molar-refractivity contribution in [2.45, 2.75) is 25.9 Å². The largest absolute Gasteiger partial charge is 0.432 e. The standard InChI is InChI=1S/C9H12F3N/c1-6(7-3-4-7)5-8(13-2)9(10,11)12/h5,7H,3-4H2,1-2H3/b6-5+,13-8?. The fraction of sp³-hybridized carbons (Fsp3) is 0.667. The lowest BCUT2D eigenvalue weighted by Crippen LogP contribution is -2.21. The predicted molar refractivity (Wildman–Crippen MR) is 45.9 cm³/mol. The van der Waals surface area contributed by atoms with Crippen LogP contribution < -0.4 is 0 Å². The highest BCUT2D eigenvalue weighted by Gasteiger charge is 2.34. The lowest BCUT2D eigenvalue weighted by atomic mass is 10.1. The molecule has 0 unspecified atom stereocenters. The second kappa shape index (κ2) is 3.52. The van der Waals surface area contributed by atoms with Gasteiger partial charge < -0.3 is 0 Å². The van der Waals surface area contributed by atoms with Crippen LogP contribution in [0.3, 0.4) is 0 Å². The first-order chi connectivity index (χ1) is 5.95. The van der Waals surface area contributed by atoms with Crippen molar-refractivity contribution < 1.29 is 13.2 Å². The Kier molecular flexibility index (Phi) is 2.78. The number of allylic oxidation sites excluding steroid dienone is 2. The molecular weight excluding hydrogens is 179 g/mol. The monoisotopic (exact) mass is 191 g/mol. The molecule has 0 aromatic rings. The van der Waals surface area contributed by atoms with Gasteiger partial charge in [-0.05, 0) is 31.8 Å². The van der Waals surface area contributed by atoms with E-state index in [9.17, 15) is 13.2 Å². The molecule has 0 aromatic carbocycles. The van der Waals surface area contributed by atoms with Crippen molar-refractivity contribution in [3.63, 3.8) is 0 Å². The average Bonchev–Trinajstić information content (AvgIpc) is 2.78. The molecule has 0 radical (unpaired) electrons. The van der Waals surface area contributed by atoms with Gasteiger partial charge in [0.15, 0.2) is 0 Å². The first kappa shape index (κ1) is 10.3. The van der Waals surface area contributed by atoms with Crippen LogP contribution in [0.2, 0.25) is 0 Å². The summed E-state index contributed by atoms with van der Waals surface area (Å²) in [7, 11) is 1.17. The molecule has 1 rings (SSSR count). The third-order valence-electron chi connectivity index (χ3n) is 2.12. The van der Waals surface area contributed by atoms with E-state index < -0.39 is 11.9 Å². The van der Waals surface area contributed by atoms with Crippen LogP contribution in [0.15, 0.2) is 16.6 Å². The lowest BCUT2D eigenvalue weighted by molar-refractivity contribution is -0.0578. The summed E-state index contributed by atoms with van der Waals surface area (Å²) < 4.78 is 36.6. The van der Waals surface area contributed by atoms with Crippen molar-refractivity contribution >= 4 is 5.71 Å². The SMILES string of the molecule is CN=C(/C=C(\C)C1CC1)C(F)(F)F. The molecule has 1 aliphatic carbocycles. The molecule has 1 nitrogen and oxygen atoms in total. The Balaban J connectivity index is 2.74. The minimum absolute atomic E-state index is 0.360. The first-order valence-corrected chi connectivity index (χ1v) is 4.17. The predicted octanol–water partition coefficient (Wildman–Crippen LogP) is 2.98. The first-order valence-electron chi connectivity index (χ1n) is 4.17. The molecule has 13 heavy (non-hydrogen) atoms. The Morgan fingerprint density at radius 3 is 2.23 bits per heavy atom. The minimum atomic E-state index is -4.31. The number of nitrogens with zero attached hydrogens (tertiary/aromatic N) is 1. The zero-order chi connectivity index (χ0) is 10.1. The lowest BCUT2D eigenvalue weighted by Gasteiger charge is -2.06. The van der Waals surface area contributed by atoms with Gasteiger partial charge in [0, 0.05) is 7.05 Å². The summed E-state index contributed by atoms with van der Waals surface area (Å²) in [4.78, 5) is 3.22. The number of hydrogen-bond acceptors (Lipinski definition) is 1. The van der Waals surface area contributed by atoms with Gasteiger partial charge in [0.2, 0.25) is 0 Å². The highest BCUT2D eigenvalue weighted by molar-refractivity contribution is 5.99. The smallest absolute Gasteiger partial charge is 0.284 e. The Hall–Kier alpha value is -0.800. The van der Waals surface area contributed by atoms with Crippen molar-refractivity contribution in [2.24, 2.45) is 10.9 Å². The van der Waals surface area contributed by atoms with Crippen LogP contribution in [0.4, 0.5) is 13.2 Å². The van der Waals surface area contributed by atoms with Gasteiger partial charge in [-0.2, -0.15) is 13.2 Å². The molecule has 0 atom stereocenters. The summed E-state index contributed by atoms with van der Waals surface area (Å²) in [5.41, 5.74) is 0.00910. The summed E-state index contributed by atoms with van der Waals surface area (Å²) in [6.45, 7) is 1.73. The van der Waals surface area contributed by atoms with Crippen molar-refractivity contribution in [3.8, 4) is 0 Å². The molecule has 1 aliphatic rings. The van der Waals surface area contributed by atoms with E-state index in [0.29, 0.717) is 5.92 Å². The summed E-state index contributed by atoms with van der Waals surface area (Å²) in [6, 6.07) is 0. The molecule has 0 bridgehead atoms. The molecule has 0 heterocycles. The molecule has 1 fully saturated rings. The normalized spacial score (nSPS) is 20.7. The summed E-state index contributed by atoms with van der Waals surface area (Å²) >= 11 is 0. The van der Waals surface area contributed by atoms with Crippen LogP contribution in [0.5, 0.6) is 0 Å². The van der Waals surface area contributed by atoms with Gasteiger partial charge in [0.1, 0.15) is 5.71 Å². The van der Waals surface area contributed by atoms with Crippen LogP contribution in [-0.4, -0.2) is 18.9 Å². The minimum Gasteiger partial charge on any atom is -0.284 e. The zero-order valence-electron chi connectivity index (χ0n) is 7.65. The molecule has 74 valence electrons. The van der Waals surface area contributed by atoms with E-state index in [4.69, 9.17) is 0 Å².